The summed E-state index contributed by atoms with van der Waals surface area (Å²) in [5.74, 6) is 0. The molecule has 0 saturated carbocycles. The van der Waals surface area contributed by atoms with E-state index in [1.54, 1.807) is 0 Å². The molecule has 0 spiro atoms. The SMILES string of the molecule is Cc1ccc(N=Nc2ccc(C)cc2Br)cc1. The number of nitrogens with zero attached hydrogens (tertiary/aromatic N) is 2. The van der Waals surface area contributed by atoms with Crippen LogP contribution in [0.5, 0.6) is 0 Å². The van der Waals surface area contributed by atoms with Crippen molar-refractivity contribution in [2.75, 3.05) is 0 Å². The van der Waals surface area contributed by atoms with Crippen molar-refractivity contribution in [2.45, 2.75) is 13.8 Å². The van der Waals surface area contributed by atoms with Crippen LogP contribution in [0.2, 0.25) is 0 Å². The molecule has 2 aromatic rings. The highest BCUT2D eigenvalue weighted by Gasteiger charge is 1.97. The van der Waals surface area contributed by atoms with E-state index >= 15 is 0 Å². The van der Waals surface area contributed by atoms with Crippen molar-refractivity contribution < 1.29 is 0 Å². The second-order valence-corrected chi connectivity index (χ2v) is 4.84. The van der Waals surface area contributed by atoms with Gasteiger partial charge >= 0.3 is 0 Å². The van der Waals surface area contributed by atoms with Crippen LogP contribution < -0.4 is 0 Å². The van der Waals surface area contributed by atoms with Crippen molar-refractivity contribution in [1.82, 2.24) is 0 Å². The number of aryl methyl sites for hydroxylation is 2. The number of halogens is 1. The summed E-state index contributed by atoms with van der Waals surface area (Å²) in [5, 5.41) is 8.43. The number of hydrogen-bond donors (Lipinski definition) is 0. The summed E-state index contributed by atoms with van der Waals surface area (Å²) >= 11 is 3.48. The third-order valence-corrected chi connectivity index (χ3v) is 3.05. The summed E-state index contributed by atoms with van der Waals surface area (Å²) < 4.78 is 0.966. The minimum Gasteiger partial charge on any atom is -0.151 e. The Morgan fingerprint density at radius 3 is 2.12 bits per heavy atom. The first kappa shape index (κ1) is 12.0. The lowest BCUT2D eigenvalue weighted by atomic mass is 10.2. The average Bonchev–Trinajstić information content (AvgIpc) is 2.30. The van der Waals surface area contributed by atoms with E-state index < -0.39 is 0 Å². The van der Waals surface area contributed by atoms with Crippen molar-refractivity contribution in [3.8, 4) is 0 Å². The summed E-state index contributed by atoms with van der Waals surface area (Å²) in [4.78, 5) is 0. The van der Waals surface area contributed by atoms with Crippen LogP contribution in [0.4, 0.5) is 11.4 Å². The van der Waals surface area contributed by atoms with E-state index in [-0.39, 0.29) is 0 Å². The van der Waals surface area contributed by atoms with Crippen LogP contribution in [-0.2, 0) is 0 Å². The lowest BCUT2D eigenvalue weighted by Crippen LogP contribution is -1.73. The first-order chi connectivity index (χ1) is 8.15. The van der Waals surface area contributed by atoms with Crippen molar-refractivity contribution in [3.05, 3.63) is 58.1 Å². The Balaban J connectivity index is 2.23. The van der Waals surface area contributed by atoms with E-state index in [9.17, 15) is 0 Å². The normalized spacial score (nSPS) is 11.0. The van der Waals surface area contributed by atoms with Crippen LogP contribution in [0.3, 0.4) is 0 Å². The van der Waals surface area contributed by atoms with E-state index in [1.807, 2.05) is 49.4 Å². The summed E-state index contributed by atoms with van der Waals surface area (Å²) in [5.41, 5.74) is 4.13. The quantitative estimate of drug-likeness (QED) is 0.654. The summed E-state index contributed by atoms with van der Waals surface area (Å²) in [6.07, 6.45) is 0. The molecule has 17 heavy (non-hydrogen) atoms. The average molecular weight is 289 g/mol. The van der Waals surface area contributed by atoms with E-state index in [0.717, 1.165) is 15.8 Å². The second-order valence-electron chi connectivity index (χ2n) is 3.99. The lowest BCUT2D eigenvalue weighted by molar-refractivity contribution is 1.21. The zero-order chi connectivity index (χ0) is 12.3. The topological polar surface area (TPSA) is 24.7 Å². The number of azo groups is 1. The minimum atomic E-state index is 0.844. The van der Waals surface area contributed by atoms with Gasteiger partial charge < -0.3 is 0 Å². The van der Waals surface area contributed by atoms with Gasteiger partial charge in [0.1, 0.15) is 0 Å². The number of benzene rings is 2. The van der Waals surface area contributed by atoms with Crippen LogP contribution in [0.25, 0.3) is 0 Å². The standard InChI is InChI=1S/C14H13BrN2/c1-10-3-6-12(7-4-10)16-17-14-8-5-11(2)9-13(14)15/h3-9H,1-2H3. The van der Waals surface area contributed by atoms with Crippen LogP contribution in [0, 0.1) is 13.8 Å². The van der Waals surface area contributed by atoms with Crippen molar-refractivity contribution in [1.29, 1.82) is 0 Å². The molecule has 2 nitrogen and oxygen atoms in total. The molecule has 3 heteroatoms. The summed E-state index contributed by atoms with van der Waals surface area (Å²) in [6.45, 7) is 4.10. The molecule has 0 aromatic heterocycles. The van der Waals surface area contributed by atoms with Gasteiger partial charge in [-0.25, -0.2) is 0 Å². The number of hydrogen-bond acceptors (Lipinski definition) is 2. The Bertz CT molecular complexity index is 545. The highest BCUT2D eigenvalue weighted by Crippen LogP contribution is 2.27. The highest BCUT2D eigenvalue weighted by atomic mass is 79.9. The molecular formula is C14H13BrN2. The van der Waals surface area contributed by atoms with Gasteiger partial charge in [-0.05, 0) is 59.6 Å². The molecule has 0 bridgehead atoms. The van der Waals surface area contributed by atoms with Crippen LogP contribution in [0.15, 0.2) is 57.2 Å². The molecule has 0 fully saturated rings. The molecule has 86 valence electrons. The fourth-order valence-electron chi connectivity index (χ4n) is 1.42. The van der Waals surface area contributed by atoms with Crippen molar-refractivity contribution in [2.24, 2.45) is 10.2 Å². The smallest absolute Gasteiger partial charge is 0.0999 e. The lowest BCUT2D eigenvalue weighted by Gasteiger charge is -1.98. The van der Waals surface area contributed by atoms with Gasteiger partial charge in [-0.15, -0.1) is 5.11 Å². The Morgan fingerprint density at radius 1 is 0.824 bits per heavy atom. The van der Waals surface area contributed by atoms with E-state index in [1.165, 1.54) is 11.1 Å². The first-order valence-corrected chi connectivity index (χ1v) is 6.19. The highest BCUT2D eigenvalue weighted by molar-refractivity contribution is 9.10. The molecule has 2 rings (SSSR count). The minimum absolute atomic E-state index is 0.844. The fourth-order valence-corrected chi connectivity index (χ4v) is 1.99. The molecular weight excluding hydrogens is 276 g/mol. The van der Waals surface area contributed by atoms with Crippen LogP contribution in [0.1, 0.15) is 11.1 Å². The Hall–Kier alpha value is -1.48. The van der Waals surface area contributed by atoms with Crippen molar-refractivity contribution in [3.63, 3.8) is 0 Å². The van der Waals surface area contributed by atoms with E-state index in [2.05, 4.69) is 33.1 Å². The maximum Gasteiger partial charge on any atom is 0.0999 e. The monoisotopic (exact) mass is 288 g/mol. The third kappa shape index (κ3) is 3.24. The molecule has 0 atom stereocenters. The molecule has 0 N–H and O–H groups in total. The zero-order valence-electron chi connectivity index (χ0n) is 9.81. The molecule has 2 aromatic carbocycles. The van der Waals surface area contributed by atoms with Crippen LogP contribution in [-0.4, -0.2) is 0 Å². The fraction of sp³-hybridized carbons (Fsp3) is 0.143. The van der Waals surface area contributed by atoms with Gasteiger partial charge in [0.15, 0.2) is 0 Å². The van der Waals surface area contributed by atoms with Gasteiger partial charge in [-0.2, -0.15) is 5.11 Å². The third-order valence-electron chi connectivity index (χ3n) is 2.41. The Kier molecular flexibility index (Phi) is 3.69. The van der Waals surface area contributed by atoms with E-state index in [4.69, 9.17) is 0 Å². The maximum absolute atomic E-state index is 4.22. The maximum atomic E-state index is 4.22. The predicted molar refractivity (Wildman–Crippen MR) is 74.2 cm³/mol. The van der Waals surface area contributed by atoms with Gasteiger partial charge in [-0.1, -0.05) is 23.8 Å². The van der Waals surface area contributed by atoms with Gasteiger partial charge in [-0.3, -0.25) is 0 Å². The zero-order valence-corrected chi connectivity index (χ0v) is 11.4. The van der Waals surface area contributed by atoms with Gasteiger partial charge in [0.2, 0.25) is 0 Å². The van der Waals surface area contributed by atoms with E-state index in [0.29, 0.717) is 0 Å². The Morgan fingerprint density at radius 2 is 1.47 bits per heavy atom. The predicted octanol–water partition coefficient (Wildman–Crippen LogP) is 5.48. The molecule has 0 aliphatic carbocycles. The molecule has 0 saturated heterocycles. The second kappa shape index (κ2) is 5.23. The summed E-state index contributed by atoms with van der Waals surface area (Å²) in [7, 11) is 0. The largest absolute Gasteiger partial charge is 0.151 e. The van der Waals surface area contributed by atoms with Crippen molar-refractivity contribution >= 4 is 27.3 Å². The van der Waals surface area contributed by atoms with Gasteiger partial charge in [0.05, 0.1) is 11.4 Å². The molecule has 0 aliphatic heterocycles. The van der Waals surface area contributed by atoms with Gasteiger partial charge in [0, 0.05) is 4.47 Å². The molecule has 0 unspecified atom stereocenters. The van der Waals surface area contributed by atoms with Crippen LogP contribution >= 0.6 is 15.9 Å². The first-order valence-electron chi connectivity index (χ1n) is 5.40. The molecule has 0 amide bonds. The molecule has 0 aliphatic rings. The molecule has 0 radical (unpaired) electrons. The molecule has 0 heterocycles. The summed E-state index contributed by atoms with van der Waals surface area (Å²) in [6, 6.07) is 14.0. The Labute approximate surface area is 110 Å². The van der Waals surface area contributed by atoms with Gasteiger partial charge in [0.25, 0.3) is 0 Å². The number of rotatable bonds is 2.